The zero-order valence-electron chi connectivity index (χ0n) is 14.4. The van der Waals surface area contributed by atoms with E-state index in [0.29, 0.717) is 0 Å². The summed E-state index contributed by atoms with van der Waals surface area (Å²) in [5, 5.41) is 14.8. The average Bonchev–Trinajstić information content (AvgIpc) is 2.56. The zero-order chi connectivity index (χ0) is 18.1. The molecule has 1 heterocycles. The summed E-state index contributed by atoms with van der Waals surface area (Å²) in [6.07, 6.45) is 0. The van der Waals surface area contributed by atoms with Gasteiger partial charge in [-0.25, -0.2) is 9.59 Å². The molecule has 0 spiro atoms. The number of carbonyl (C=O) groups is 2. The van der Waals surface area contributed by atoms with Gasteiger partial charge in [-0.2, -0.15) is 0 Å². The highest BCUT2D eigenvalue weighted by atomic mass is 16.5. The first-order valence-corrected chi connectivity index (χ1v) is 7.78. The van der Waals surface area contributed by atoms with Crippen molar-refractivity contribution in [3.05, 3.63) is 28.8 Å². The summed E-state index contributed by atoms with van der Waals surface area (Å²) in [6.45, 7) is 11.9. The molecule has 7 nitrogen and oxygen atoms in total. The fraction of sp³-hybridized carbons (Fsp3) is 0.529. The highest BCUT2D eigenvalue weighted by Crippen LogP contribution is 2.25. The highest BCUT2D eigenvalue weighted by molar-refractivity contribution is 6.27. The maximum atomic E-state index is 9.10. The second-order valence-corrected chi connectivity index (χ2v) is 5.57. The van der Waals surface area contributed by atoms with E-state index < -0.39 is 11.9 Å². The number of benzene rings is 1. The molecule has 1 saturated heterocycles. The largest absolute Gasteiger partial charge is 0.492 e. The molecule has 0 aliphatic carbocycles. The van der Waals surface area contributed by atoms with E-state index in [1.807, 2.05) is 0 Å². The molecule has 7 heteroatoms. The van der Waals surface area contributed by atoms with Gasteiger partial charge in [-0.3, -0.25) is 4.90 Å². The van der Waals surface area contributed by atoms with E-state index in [1.54, 1.807) is 0 Å². The number of nitrogens with zero attached hydrogens (tertiary/aromatic N) is 1. The molecule has 0 amide bonds. The van der Waals surface area contributed by atoms with Gasteiger partial charge in [0, 0.05) is 19.6 Å². The minimum atomic E-state index is -1.82. The van der Waals surface area contributed by atoms with Crippen molar-refractivity contribution in [3.8, 4) is 5.75 Å². The molecule has 24 heavy (non-hydrogen) atoms. The summed E-state index contributed by atoms with van der Waals surface area (Å²) in [5.74, 6) is -2.59. The van der Waals surface area contributed by atoms with Crippen molar-refractivity contribution in [2.45, 2.75) is 20.8 Å². The normalized spacial score (nSPS) is 14.5. The van der Waals surface area contributed by atoms with Gasteiger partial charge in [0.05, 0.1) is 13.2 Å². The van der Waals surface area contributed by atoms with Crippen LogP contribution in [0, 0.1) is 20.8 Å². The number of morpholine rings is 1. The Morgan fingerprint density at radius 3 is 2.17 bits per heavy atom. The topological polar surface area (TPSA) is 96.3 Å². The van der Waals surface area contributed by atoms with Crippen molar-refractivity contribution in [2.75, 3.05) is 39.5 Å². The number of carboxylic acids is 2. The number of rotatable bonds is 4. The Kier molecular flexibility index (Phi) is 8.21. The van der Waals surface area contributed by atoms with Crippen LogP contribution in [0.5, 0.6) is 5.75 Å². The quantitative estimate of drug-likeness (QED) is 0.802. The van der Waals surface area contributed by atoms with E-state index in [4.69, 9.17) is 29.3 Å². The summed E-state index contributed by atoms with van der Waals surface area (Å²) >= 11 is 0. The molecule has 0 saturated carbocycles. The third kappa shape index (κ3) is 6.55. The average molecular weight is 339 g/mol. The summed E-state index contributed by atoms with van der Waals surface area (Å²) in [6, 6.07) is 4.28. The Labute approximate surface area is 141 Å². The lowest BCUT2D eigenvalue weighted by Gasteiger charge is -2.26. The van der Waals surface area contributed by atoms with Gasteiger partial charge in [-0.05, 0) is 37.5 Å². The molecule has 0 radical (unpaired) electrons. The van der Waals surface area contributed by atoms with Crippen LogP contribution in [0.1, 0.15) is 16.7 Å². The van der Waals surface area contributed by atoms with E-state index in [0.717, 1.165) is 45.2 Å². The zero-order valence-corrected chi connectivity index (χ0v) is 14.4. The molecule has 1 aromatic rings. The number of hydrogen-bond donors (Lipinski definition) is 2. The van der Waals surface area contributed by atoms with E-state index in [-0.39, 0.29) is 0 Å². The van der Waals surface area contributed by atoms with Crippen LogP contribution in [0.2, 0.25) is 0 Å². The molecule has 0 unspecified atom stereocenters. The van der Waals surface area contributed by atoms with Crippen LogP contribution in [0.3, 0.4) is 0 Å². The number of aryl methyl sites for hydroxylation is 2. The van der Waals surface area contributed by atoms with Crippen LogP contribution in [-0.4, -0.2) is 66.5 Å². The summed E-state index contributed by atoms with van der Waals surface area (Å²) in [7, 11) is 0. The molecule has 0 bridgehead atoms. The smallest absolute Gasteiger partial charge is 0.414 e. The lowest BCUT2D eigenvalue weighted by molar-refractivity contribution is -0.159. The van der Waals surface area contributed by atoms with Crippen molar-refractivity contribution >= 4 is 11.9 Å². The molecule has 1 aliphatic rings. The molecular formula is C17H25NO6. The lowest BCUT2D eigenvalue weighted by atomic mass is 10.1. The SMILES string of the molecule is Cc1ccc(C)c(OCCN2CCOCC2)c1C.O=C(O)C(=O)O. The van der Waals surface area contributed by atoms with Gasteiger partial charge in [0.2, 0.25) is 0 Å². The number of ether oxygens (including phenoxy) is 2. The molecular weight excluding hydrogens is 314 g/mol. The van der Waals surface area contributed by atoms with Crippen molar-refractivity contribution in [2.24, 2.45) is 0 Å². The Morgan fingerprint density at radius 2 is 1.62 bits per heavy atom. The van der Waals surface area contributed by atoms with Gasteiger partial charge in [0.25, 0.3) is 0 Å². The molecule has 1 aromatic carbocycles. The molecule has 1 fully saturated rings. The first-order valence-electron chi connectivity index (χ1n) is 7.78. The molecule has 1 aliphatic heterocycles. The first-order chi connectivity index (χ1) is 11.3. The van der Waals surface area contributed by atoms with E-state index in [9.17, 15) is 0 Å². The van der Waals surface area contributed by atoms with Crippen LogP contribution in [0.25, 0.3) is 0 Å². The third-order valence-electron chi connectivity index (χ3n) is 3.81. The molecule has 0 atom stereocenters. The minimum Gasteiger partial charge on any atom is -0.492 e. The van der Waals surface area contributed by atoms with Crippen LogP contribution in [0.15, 0.2) is 12.1 Å². The summed E-state index contributed by atoms with van der Waals surface area (Å²) in [4.78, 5) is 20.6. The van der Waals surface area contributed by atoms with Crippen molar-refractivity contribution in [1.82, 2.24) is 4.90 Å². The fourth-order valence-corrected chi connectivity index (χ4v) is 2.25. The Balaban J connectivity index is 0.000000413. The van der Waals surface area contributed by atoms with Gasteiger partial charge in [-0.15, -0.1) is 0 Å². The molecule has 2 N–H and O–H groups in total. The highest BCUT2D eigenvalue weighted by Gasteiger charge is 2.11. The standard InChI is InChI=1S/C15H23NO2.C2H2O4/c1-12-4-5-13(2)15(14(12)3)18-11-8-16-6-9-17-10-7-16;3-1(4)2(5)6/h4-5H,6-11H2,1-3H3;(H,3,4)(H,5,6). The predicted octanol–water partition coefficient (Wildman–Crippen LogP) is 1.48. The van der Waals surface area contributed by atoms with Gasteiger partial charge < -0.3 is 19.7 Å². The monoisotopic (exact) mass is 339 g/mol. The van der Waals surface area contributed by atoms with E-state index in [1.165, 1.54) is 16.7 Å². The van der Waals surface area contributed by atoms with Gasteiger partial charge in [0.1, 0.15) is 12.4 Å². The van der Waals surface area contributed by atoms with Crippen LogP contribution < -0.4 is 4.74 Å². The second-order valence-electron chi connectivity index (χ2n) is 5.57. The van der Waals surface area contributed by atoms with E-state index in [2.05, 4.69) is 37.8 Å². The van der Waals surface area contributed by atoms with Crippen LogP contribution in [-0.2, 0) is 14.3 Å². The minimum absolute atomic E-state index is 0.755. The number of aliphatic carboxylic acids is 2. The fourth-order valence-electron chi connectivity index (χ4n) is 2.25. The molecule has 2 rings (SSSR count). The van der Waals surface area contributed by atoms with Crippen LogP contribution in [0.4, 0.5) is 0 Å². The maximum absolute atomic E-state index is 9.10. The summed E-state index contributed by atoms with van der Waals surface area (Å²) < 4.78 is 11.3. The van der Waals surface area contributed by atoms with E-state index >= 15 is 0 Å². The molecule has 0 aromatic heterocycles. The van der Waals surface area contributed by atoms with Crippen molar-refractivity contribution in [1.29, 1.82) is 0 Å². The number of carboxylic acid groups (broad SMARTS) is 2. The summed E-state index contributed by atoms with van der Waals surface area (Å²) in [5.41, 5.74) is 3.78. The van der Waals surface area contributed by atoms with Gasteiger partial charge >= 0.3 is 11.9 Å². The number of hydrogen-bond acceptors (Lipinski definition) is 5. The van der Waals surface area contributed by atoms with Gasteiger partial charge in [0.15, 0.2) is 0 Å². The Bertz CT molecular complexity index is 554. The van der Waals surface area contributed by atoms with Crippen LogP contribution >= 0.6 is 0 Å². The van der Waals surface area contributed by atoms with Gasteiger partial charge in [-0.1, -0.05) is 12.1 Å². The van der Waals surface area contributed by atoms with Crippen molar-refractivity contribution < 1.29 is 29.3 Å². The maximum Gasteiger partial charge on any atom is 0.414 e. The first kappa shape index (κ1) is 19.9. The van der Waals surface area contributed by atoms with Crippen molar-refractivity contribution in [3.63, 3.8) is 0 Å². The second kappa shape index (κ2) is 9.89. The Morgan fingerprint density at radius 1 is 1.08 bits per heavy atom. The Hall–Kier alpha value is -2.12. The third-order valence-corrected chi connectivity index (χ3v) is 3.81. The predicted molar refractivity (Wildman–Crippen MR) is 88.7 cm³/mol. The lowest BCUT2D eigenvalue weighted by Crippen LogP contribution is -2.38. The molecule has 134 valence electrons.